The van der Waals surface area contributed by atoms with Crippen molar-refractivity contribution in [2.24, 2.45) is 23.7 Å². The van der Waals surface area contributed by atoms with Gasteiger partial charge in [-0.2, -0.15) is 5.10 Å². The highest BCUT2D eigenvalue weighted by atomic mass is 19.1. The highest BCUT2D eigenvalue weighted by Crippen LogP contribution is 2.60. The number of nitrogens with zero attached hydrogens (tertiary/aromatic N) is 6. The van der Waals surface area contributed by atoms with Gasteiger partial charge in [-0.15, -0.1) is 0 Å². The minimum atomic E-state index is -0.395. The van der Waals surface area contributed by atoms with Crippen molar-refractivity contribution in [3.05, 3.63) is 47.4 Å². The quantitative estimate of drug-likeness (QED) is 0.372. The molecule has 1 amide bonds. The first-order valence-electron chi connectivity index (χ1n) is 14.9. The number of aryl methyl sites for hydroxylation is 1. The second-order valence-corrected chi connectivity index (χ2v) is 12.7. The van der Waals surface area contributed by atoms with Crippen LogP contribution in [0.5, 0.6) is 0 Å². The molecule has 0 bridgehead atoms. The van der Waals surface area contributed by atoms with Crippen LogP contribution in [0.4, 0.5) is 10.2 Å². The average Bonchev–Trinajstić information content (AvgIpc) is 3.62. The molecule has 5 fully saturated rings. The van der Waals surface area contributed by atoms with E-state index >= 15 is 4.39 Å². The van der Waals surface area contributed by atoms with Gasteiger partial charge < -0.3 is 19.1 Å². The molecule has 0 aromatic carbocycles. The highest BCUT2D eigenvalue weighted by molar-refractivity contribution is 5.95. The number of anilines is 1. The zero-order chi connectivity index (χ0) is 26.7. The molecule has 3 aliphatic carbocycles. The summed E-state index contributed by atoms with van der Waals surface area (Å²) in [4.78, 5) is 22.9. The zero-order valence-electron chi connectivity index (χ0n) is 22.7. The lowest BCUT2D eigenvalue weighted by molar-refractivity contribution is -0.0204. The lowest BCUT2D eigenvalue weighted by atomic mass is 9.53. The van der Waals surface area contributed by atoms with Crippen molar-refractivity contribution in [1.29, 1.82) is 0 Å². The number of halogens is 1. The predicted octanol–water partition coefficient (Wildman–Crippen LogP) is 4.53. The van der Waals surface area contributed by atoms with E-state index in [4.69, 9.17) is 14.8 Å². The van der Waals surface area contributed by atoms with E-state index in [0.29, 0.717) is 48.1 Å². The Morgan fingerprint density at radius 3 is 2.75 bits per heavy atom. The number of fused-ring (bicyclic) bond motifs is 2. The molecule has 5 aliphatic rings. The van der Waals surface area contributed by atoms with Crippen LogP contribution >= 0.6 is 0 Å². The van der Waals surface area contributed by atoms with Crippen molar-refractivity contribution in [3.63, 3.8) is 0 Å². The van der Waals surface area contributed by atoms with Gasteiger partial charge in [0.1, 0.15) is 28.5 Å². The van der Waals surface area contributed by atoms with Crippen LogP contribution in [0.25, 0.3) is 27.9 Å². The molecule has 206 valence electrons. The molecular formula is C31H33FN6O2. The lowest BCUT2D eigenvalue weighted by Crippen LogP contribution is -2.53. The molecule has 6 heterocycles. The number of carbonyl (C=O) groups excluding carboxylic acids is 1. The van der Waals surface area contributed by atoms with E-state index in [1.54, 1.807) is 10.7 Å². The number of hydrogen-bond acceptors (Lipinski definition) is 5. The maximum Gasteiger partial charge on any atom is 0.255 e. The number of ether oxygens (including phenoxy) is 1. The summed E-state index contributed by atoms with van der Waals surface area (Å²) in [5.74, 6) is 3.27. The summed E-state index contributed by atoms with van der Waals surface area (Å²) < 4.78 is 25.1. The number of likely N-dealkylation sites (tertiary alicyclic amines) is 1. The first-order chi connectivity index (χ1) is 19.5. The predicted molar refractivity (Wildman–Crippen MR) is 149 cm³/mol. The smallest absolute Gasteiger partial charge is 0.255 e. The maximum absolute atomic E-state index is 15.7. The minimum absolute atomic E-state index is 0.0592. The number of amides is 1. The van der Waals surface area contributed by atoms with Crippen LogP contribution in [0.2, 0.25) is 0 Å². The van der Waals surface area contributed by atoms with Crippen LogP contribution in [0.1, 0.15) is 41.6 Å². The van der Waals surface area contributed by atoms with Crippen LogP contribution in [0.3, 0.4) is 0 Å². The molecule has 3 unspecified atom stereocenters. The molecule has 40 heavy (non-hydrogen) atoms. The summed E-state index contributed by atoms with van der Waals surface area (Å²) in [6, 6.07) is 8.12. The summed E-state index contributed by atoms with van der Waals surface area (Å²) in [7, 11) is 0. The minimum Gasteiger partial charge on any atom is -0.378 e. The molecular weight excluding hydrogens is 507 g/mol. The van der Waals surface area contributed by atoms with E-state index in [1.165, 1.54) is 25.3 Å². The number of pyridine rings is 2. The van der Waals surface area contributed by atoms with Gasteiger partial charge in [0.2, 0.25) is 0 Å². The first-order valence-corrected chi connectivity index (χ1v) is 14.9. The van der Waals surface area contributed by atoms with Crippen molar-refractivity contribution in [1.82, 2.24) is 24.1 Å². The third-order valence-corrected chi connectivity index (χ3v) is 10.4. The number of aromatic nitrogens is 4. The normalized spacial score (nSPS) is 27.2. The van der Waals surface area contributed by atoms with Crippen LogP contribution in [-0.2, 0) is 11.3 Å². The Hall–Kier alpha value is -3.46. The van der Waals surface area contributed by atoms with E-state index in [9.17, 15) is 4.79 Å². The van der Waals surface area contributed by atoms with Gasteiger partial charge in [-0.3, -0.25) is 4.79 Å². The number of rotatable bonds is 5. The summed E-state index contributed by atoms with van der Waals surface area (Å²) in [6.45, 7) is 6.71. The van der Waals surface area contributed by atoms with Gasteiger partial charge in [0.15, 0.2) is 0 Å². The first kappa shape index (κ1) is 23.3. The van der Waals surface area contributed by atoms with Gasteiger partial charge in [0.25, 0.3) is 5.91 Å². The fourth-order valence-electron chi connectivity index (χ4n) is 8.02. The Morgan fingerprint density at radius 1 is 1.12 bits per heavy atom. The van der Waals surface area contributed by atoms with E-state index in [1.807, 2.05) is 11.8 Å². The molecule has 8 nitrogen and oxygen atoms in total. The molecule has 9 rings (SSSR count). The van der Waals surface area contributed by atoms with Crippen molar-refractivity contribution in [3.8, 4) is 11.4 Å². The van der Waals surface area contributed by atoms with Crippen molar-refractivity contribution in [2.45, 2.75) is 45.2 Å². The Bertz CT molecular complexity index is 1700. The molecule has 4 aromatic heterocycles. The van der Waals surface area contributed by atoms with Crippen LogP contribution in [0.15, 0.2) is 30.5 Å². The third kappa shape index (κ3) is 3.30. The van der Waals surface area contributed by atoms with Crippen molar-refractivity contribution >= 4 is 28.3 Å². The largest absolute Gasteiger partial charge is 0.378 e. The van der Waals surface area contributed by atoms with Crippen molar-refractivity contribution in [2.75, 3.05) is 37.7 Å². The van der Waals surface area contributed by atoms with Gasteiger partial charge >= 0.3 is 0 Å². The lowest BCUT2D eigenvalue weighted by Gasteiger charge is -2.52. The van der Waals surface area contributed by atoms with Crippen LogP contribution < -0.4 is 4.90 Å². The third-order valence-electron chi connectivity index (χ3n) is 10.4. The molecule has 4 aromatic rings. The topological polar surface area (TPSA) is 67.9 Å². The van der Waals surface area contributed by atoms with E-state index in [2.05, 4.69) is 27.7 Å². The molecule has 9 heteroatoms. The average molecular weight is 541 g/mol. The molecule has 2 aliphatic heterocycles. The summed E-state index contributed by atoms with van der Waals surface area (Å²) >= 11 is 0. The summed E-state index contributed by atoms with van der Waals surface area (Å²) in [6.07, 6.45) is 6.52. The molecule has 2 saturated heterocycles. The summed E-state index contributed by atoms with van der Waals surface area (Å²) in [5.41, 5.74) is 4.25. The number of carbonyl (C=O) groups is 1. The van der Waals surface area contributed by atoms with E-state index in [-0.39, 0.29) is 5.91 Å². The molecule has 4 atom stereocenters. The van der Waals surface area contributed by atoms with Gasteiger partial charge in [0, 0.05) is 49.4 Å². The van der Waals surface area contributed by atoms with Crippen LogP contribution in [-0.4, -0.2) is 68.9 Å². The SMILES string of the molecule is Cc1c(-c2cc3ccc(N4CCOCC4)nc3n2CC2CC2)nn2cc(C(=O)N3CC4CC5CC3[C@H]54)cc(F)c12. The van der Waals surface area contributed by atoms with Gasteiger partial charge in [-0.05, 0) is 80.5 Å². The Labute approximate surface area is 231 Å². The van der Waals surface area contributed by atoms with Gasteiger partial charge in [0.05, 0.1) is 24.5 Å². The number of morpholine rings is 1. The fourth-order valence-corrected chi connectivity index (χ4v) is 8.02. The Morgan fingerprint density at radius 2 is 1.98 bits per heavy atom. The zero-order valence-corrected chi connectivity index (χ0v) is 22.7. The van der Waals surface area contributed by atoms with E-state index < -0.39 is 5.82 Å². The molecule has 3 saturated carbocycles. The second-order valence-electron chi connectivity index (χ2n) is 12.7. The van der Waals surface area contributed by atoms with Crippen molar-refractivity contribution < 1.29 is 13.9 Å². The summed E-state index contributed by atoms with van der Waals surface area (Å²) in [5, 5.41) is 5.97. The Balaban J connectivity index is 1.12. The molecule has 0 radical (unpaired) electrons. The maximum atomic E-state index is 15.7. The van der Waals surface area contributed by atoms with Gasteiger partial charge in [-0.25, -0.2) is 13.9 Å². The Kier molecular flexibility index (Phi) is 4.82. The highest BCUT2D eigenvalue weighted by Gasteiger charge is 2.61. The monoisotopic (exact) mass is 540 g/mol. The van der Waals surface area contributed by atoms with E-state index in [0.717, 1.165) is 72.3 Å². The van der Waals surface area contributed by atoms with Gasteiger partial charge in [-0.1, -0.05) is 0 Å². The standard InChI is InChI=1S/C31H33FN6O2/c1-17-28(25-12-19-4-5-26(35-6-8-40-9-7-35)33-30(19)36(25)14-18-2-3-18)34-38-16-22(11-23(32)29(17)38)31(39)37-15-21-10-20-13-24(37)27(20)21/h4-5,11-12,16,18,20-21,24,27H,2-3,6-10,13-15H2,1H3/t20?,21?,24?,27-/m1/s1. The second kappa shape index (κ2) is 8.28. The molecule has 0 spiro atoms. The fraction of sp³-hybridized carbons (Fsp3) is 0.516. The molecule has 0 N–H and O–H groups in total. The number of hydrogen-bond donors (Lipinski definition) is 0. The van der Waals surface area contributed by atoms with Crippen LogP contribution in [0, 0.1) is 36.4 Å².